The van der Waals surface area contributed by atoms with Crippen LogP contribution in [0, 0.1) is 29.1 Å². The second-order valence-corrected chi connectivity index (χ2v) is 12.3. The number of carbonyl (C=O) groups excluding carboxylic acids is 1. The lowest BCUT2D eigenvalue weighted by Gasteiger charge is -2.36. The van der Waals surface area contributed by atoms with Crippen molar-refractivity contribution < 1.29 is 41.3 Å². The molecule has 2 N–H and O–H groups in total. The van der Waals surface area contributed by atoms with Crippen molar-refractivity contribution in [3.63, 3.8) is 0 Å². The summed E-state index contributed by atoms with van der Waals surface area (Å²) in [5.74, 6) is -11.9. The molecule has 5 aromatic rings. The fourth-order valence-corrected chi connectivity index (χ4v) is 6.36. The first-order chi connectivity index (χ1) is 23.7. The van der Waals surface area contributed by atoms with Crippen LogP contribution in [0.25, 0.3) is 11.1 Å². The van der Waals surface area contributed by atoms with E-state index in [0.717, 1.165) is 27.3 Å². The van der Waals surface area contributed by atoms with E-state index in [2.05, 4.69) is 10.3 Å². The van der Waals surface area contributed by atoms with E-state index in [1.165, 1.54) is 0 Å². The van der Waals surface area contributed by atoms with E-state index in [0.29, 0.717) is 23.3 Å². The molecule has 1 aliphatic heterocycles. The summed E-state index contributed by atoms with van der Waals surface area (Å²) in [5.41, 5.74) is 2.90. The monoisotopic (exact) mass is 692 g/mol. The number of thioether (sulfide) groups is 1. The Kier molecular flexibility index (Phi) is 10.7. The zero-order chi connectivity index (χ0) is 34.5. The number of hydrogen-bond donors (Lipinski definition) is 2. The number of nitrogens with zero attached hydrogens (tertiary/aromatic N) is 1. The maximum atomic E-state index is 14.2. The van der Waals surface area contributed by atoms with Crippen LogP contribution in [0.4, 0.5) is 22.0 Å². The summed E-state index contributed by atoms with van der Waals surface area (Å²) in [6.45, 7) is -0.314. The number of benzene rings is 4. The number of carbonyl (C=O) groups is 1. The van der Waals surface area contributed by atoms with Crippen molar-refractivity contribution >= 4 is 17.7 Å². The van der Waals surface area contributed by atoms with Crippen LogP contribution in [0.3, 0.4) is 0 Å². The Balaban J connectivity index is 1.20. The zero-order valence-corrected chi connectivity index (χ0v) is 26.5. The molecule has 0 radical (unpaired) electrons. The maximum Gasteiger partial charge on any atom is 0.257 e. The third-order valence-electron chi connectivity index (χ3n) is 8.06. The standard InChI is InChI=1S/C37H29F5N2O4S/c38-31-30(32(39)34(41)35(42)33(31)40)36(46)44-18-25-5-1-2-6-27(25)22-12-14-24(15-13-22)37-47-26(20-49-29-7-3-4-16-43-29)17-28(48-37)23-10-8-21(19-45)9-11-23/h1-16,26,28,37,45H,17-20H2,(H,44,46)/t26-,28+,37+/m0/s1. The van der Waals surface area contributed by atoms with Crippen LogP contribution < -0.4 is 5.32 Å². The van der Waals surface area contributed by atoms with E-state index >= 15 is 0 Å². The van der Waals surface area contributed by atoms with Crippen LogP contribution in [-0.2, 0) is 22.6 Å². The van der Waals surface area contributed by atoms with Gasteiger partial charge >= 0.3 is 0 Å². The molecule has 0 saturated carbocycles. The molecule has 3 atom stereocenters. The first-order valence-corrected chi connectivity index (χ1v) is 16.2. The normalized spacial score (nSPS) is 17.6. The van der Waals surface area contributed by atoms with Crippen LogP contribution >= 0.6 is 11.8 Å². The minimum absolute atomic E-state index is 0.0615. The third kappa shape index (κ3) is 7.67. The quantitative estimate of drug-likeness (QED) is 0.0665. The lowest BCUT2D eigenvalue weighted by atomic mass is 9.97. The Morgan fingerprint density at radius 3 is 2.12 bits per heavy atom. The molecule has 1 amide bonds. The number of ether oxygens (including phenoxy) is 2. The summed E-state index contributed by atoms with van der Waals surface area (Å²) in [7, 11) is 0. The summed E-state index contributed by atoms with van der Waals surface area (Å²) in [6.07, 6.45) is 1.20. The molecule has 1 fully saturated rings. The second-order valence-electron chi connectivity index (χ2n) is 11.2. The Hall–Kier alpha value is -4.62. The number of pyridine rings is 1. The smallest absolute Gasteiger partial charge is 0.257 e. The summed E-state index contributed by atoms with van der Waals surface area (Å²) in [6, 6.07) is 27.6. The fraction of sp³-hybridized carbons (Fsp3) is 0.189. The average Bonchev–Trinajstić information content (AvgIpc) is 3.15. The van der Waals surface area contributed by atoms with E-state index in [1.807, 2.05) is 66.7 Å². The maximum absolute atomic E-state index is 14.2. The highest BCUT2D eigenvalue weighted by molar-refractivity contribution is 7.99. The van der Waals surface area contributed by atoms with E-state index < -0.39 is 46.8 Å². The molecule has 252 valence electrons. The second kappa shape index (κ2) is 15.3. The Bertz CT molecular complexity index is 1900. The van der Waals surface area contributed by atoms with E-state index in [4.69, 9.17) is 9.47 Å². The van der Waals surface area contributed by atoms with E-state index in [9.17, 15) is 31.9 Å². The van der Waals surface area contributed by atoms with Gasteiger partial charge in [-0.1, -0.05) is 78.9 Å². The van der Waals surface area contributed by atoms with Crippen LogP contribution in [0.1, 0.15) is 51.4 Å². The van der Waals surface area contributed by atoms with Gasteiger partial charge in [0.2, 0.25) is 5.82 Å². The molecule has 49 heavy (non-hydrogen) atoms. The number of aliphatic hydroxyl groups excluding tert-OH is 1. The SMILES string of the molecule is O=C(NCc1ccccc1-c1ccc([C@@H]2O[C@H](CSc3ccccn3)C[C@H](c3ccc(CO)cc3)O2)cc1)c1c(F)c(F)c(F)c(F)c1F. The van der Waals surface area contributed by atoms with Gasteiger partial charge in [0.25, 0.3) is 5.91 Å². The first-order valence-electron chi connectivity index (χ1n) is 15.3. The number of halogens is 5. The van der Waals surface area contributed by atoms with Crippen molar-refractivity contribution in [3.05, 3.63) is 154 Å². The minimum Gasteiger partial charge on any atom is -0.392 e. The van der Waals surface area contributed by atoms with Crippen LogP contribution in [0.15, 0.2) is 102 Å². The molecule has 2 heterocycles. The molecular weight excluding hydrogens is 663 g/mol. The molecule has 4 aromatic carbocycles. The number of aromatic nitrogens is 1. The first kappa shape index (κ1) is 34.3. The predicted molar refractivity (Wildman–Crippen MR) is 173 cm³/mol. The van der Waals surface area contributed by atoms with Crippen molar-refractivity contribution in [2.45, 2.75) is 43.1 Å². The number of amides is 1. The molecule has 1 aromatic heterocycles. The molecule has 1 aliphatic rings. The topological polar surface area (TPSA) is 80.7 Å². The Labute approximate surface area is 282 Å². The Morgan fingerprint density at radius 2 is 1.45 bits per heavy atom. The molecule has 0 bridgehead atoms. The van der Waals surface area contributed by atoms with Gasteiger partial charge in [-0.2, -0.15) is 0 Å². The highest BCUT2D eigenvalue weighted by Gasteiger charge is 2.33. The van der Waals surface area contributed by atoms with Gasteiger partial charge in [0.1, 0.15) is 5.56 Å². The van der Waals surface area contributed by atoms with Gasteiger partial charge in [-0.25, -0.2) is 26.9 Å². The van der Waals surface area contributed by atoms with Gasteiger partial charge in [0.15, 0.2) is 29.6 Å². The lowest BCUT2D eigenvalue weighted by molar-refractivity contribution is -0.245. The van der Waals surface area contributed by atoms with Crippen LogP contribution in [0.5, 0.6) is 0 Å². The largest absolute Gasteiger partial charge is 0.392 e. The number of rotatable bonds is 10. The highest BCUT2D eigenvalue weighted by atomic mass is 32.2. The van der Waals surface area contributed by atoms with Gasteiger partial charge in [-0.3, -0.25) is 4.79 Å². The molecule has 0 spiro atoms. The molecule has 6 nitrogen and oxygen atoms in total. The van der Waals surface area contributed by atoms with Gasteiger partial charge in [-0.15, -0.1) is 11.8 Å². The van der Waals surface area contributed by atoms with Crippen molar-refractivity contribution in [2.75, 3.05) is 5.75 Å². The molecule has 1 saturated heterocycles. The number of hydrogen-bond acceptors (Lipinski definition) is 6. The van der Waals surface area contributed by atoms with E-state index in [1.54, 1.807) is 42.2 Å². The summed E-state index contributed by atoms with van der Waals surface area (Å²) >= 11 is 1.59. The summed E-state index contributed by atoms with van der Waals surface area (Å²) in [5, 5.41) is 12.6. The average molecular weight is 693 g/mol. The molecule has 0 unspecified atom stereocenters. The minimum atomic E-state index is -2.34. The molecule has 0 aliphatic carbocycles. The lowest BCUT2D eigenvalue weighted by Crippen LogP contribution is -2.31. The van der Waals surface area contributed by atoms with Crippen LogP contribution in [0.2, 0.25) is 0 Å². The van der Waals surface area contributed by atoms with Crippen molar-refractivity contribution in [3.8, 4) is 11.1 Å². The zero-order valence-electron chi connectivity index (χ0n) is 25.7. The fourth-order valence-electron chi connectivity index (χ4n) is 5.48. The van der Waals surface area contributed by atoms with Gasteiger partial charge in [0, 0.05) is 30.5 Å². The van der Waals surface area contributed by atoms with Crippen molar-refractivity contribution in [2.24, 2.45) is 0 Å². The number of aliphatic hydroxyl groups is 1. The highest BCUT2D eigenvalue weighted by Crippen LogP contribution is 2.40. The molecular formula is C37H29F5N2O4S. The van der Waals surface area contributed by atoms with E-state index in [-0.39, 0.29) is 25.4 Å². The van der Waals surface area contributed by atoms with Gasteiger partial charge < -0.3 is 19.9 Å². The van der Waals surface area contributed by atoms with Gasteiger partial charge in [-0.05, 0) is 39.9 Å². The third-order valence-corrected chi connectivity index (χ3v) is 9.13. The summed E-state index contributed by atoms with van der Waals surface area (Å²) in [4.78, 5) is 17.0. The Morgan fingerprint density at radius 1 is 0.796 bits per heavy atom. The van der Waals surface area contributed by atoms with Crippen molar-refractivity contribution in [1.82, 2.24) is 10.3 Å². The van der Waals surface area contributed by atoms with Crippen LogP contribution in [-0.4, -0.2) is 27.9 Å². The predicted octanol–water partition coefficient (Wildman–Crippen LogP) is 8.20. The molecule has 12 heteroatoms. The van der Waals surface area contributed by atoms with Gasteiger partial charge in [0.05, 0.1) is 23.8 Å². The number of nitrogens with one attached hydrogen (secondary N) is 1. The van der Waals surface area contributed by atoms with Crippen molar-refractivity contribution in [1.29, 1.82) is 0 Å². The molecule has 6 rings (SSSR count). The summed E-state index contributed by atoms with van der Waals surface area (Å²) < 4.78 is 82.0.